The van der Waals surface area contributed by atoms with E-state index in [2.05, 4.69) is 61.5 Å². The average Bonchev–Trinajstić information content (AvgIpc) is 2.48. The van der Waals surface area contributed by atoms with Crippen molar-refractivity contribution in [3.05, 3.63) is 64.7 Å². The molecular formula is C16H14BrN3. The van der Waals surface area contributed by atoms with Crippen LogP contribution in [0.5, 0.6) is 0 Å². The van der Waals surface area contributed by atoms with Crippen molar-refractivity contribution in [2.24, 2.45) is 0 Å². The molecule has 0 fully saturated rings. The number of hydrogen-bond acceptors (Lipinski definition) is 3. The number of nitrogens with zero attached hydrogens (tertiary/aromatic N) is 2. The van der Waals surface area contributed by atoms with Crippen molar-refractivity contribution < 1.29 is 0 Å². The first-order chi connectivity index (χ1) is 9.74. The summed E-state index contributed by atoms with van der Waals surface area (Å²) in [6.45, 7) is 2.80. The highest BCUT2D eigenvalue weighted by molar-refractivity contribution is 9.10. The minimum absolute atomic E-state index is 0.768. The molecule has 2 aromatic heterocycles. The molecule has 0 atom stereocenters. The summed E-state index contributed by atoms with van der Waals surface area (Å²) in [6.07, 6.45) is 5.56. The first kappa shape index (κ1) is 13.1. The molecule has 4 heteroatoms. The predicted octanol–water partition coefficient (Wildman–Crippen LogP) is 4.31. The molecule has 1 N–H and O–H groups in total. The van der Waals surface area contributed by atoms with Crippen LogP contribution in [0, 0.1) is 6.92 Å². The highest BCUT2D eigenvalue weighted by Crippen LogP contribution is 2.20. The molecule has 3 nitrogen and oxygen atoms in total. The van der Waals surface area contributed by atoms with Gasteiger partial charge in [0.25, 0.3) is 0 Å². The molecule has 2 heterocycles. The molecule has 0 amide bonds. The van der Waals surface area contributed by atoms with Crippen molar-refractivity contribution in [1.29, 1.82) is 0 Å². The fraction of sp³-hybridized carbons (Fsp3) is 0.125. The van der Waals surface area contributed by atoms with Gasteiger partial charge in [-0.15, -0.1) is 0 Å². The minimum Gasteiger partial charge on any atom is -0.380 e. The molecule has 3 rings (SSSR count). The molecule has 0 aliphatic rings. The molecule has 0 spiro atoms. The second kappa shape index (κ2) is 5.59. The number of hydrogen-bond donors (Lipinski definition) is 1. The topological polar surface area (TPSA) is 37.8 Å². The van der Waals surface area contributed by atoms with E-state index in [0.29, 0.717) is 0 Å². The highest BCUT2D eigenvalue weighted by atomic mass is 79.9. The number of nitrogens with one attached hydrogen (secondary N) is 1. The molecule has 0 unspecified atom stereocenters. The Balaban J connectivity index is 1.85. The number of halogens is 1. The molecule has 0 bridgehead atoms. The quantitative estimate of drug-likeness (QED) is 0.728. The van der Waals surface area contributed by atoms with Gasteiger partial charge in [-0.3, -0.25) is 4.98 Å². The lowest BCUT2D eigenvalue weighted by Gasteiger charge is -2.10. The van der Waals surface area contributed by atoms with Gasteiger partial charge in [-0.1, -0.05) is 18.2 Å². The van der Waals surface area contributed by atoms with Crippen molar-refractivity contribution in [2.75, 3.05) is 5.32 Å². The third-order valence-corrected chi connectivity index (χ3v) is 4.10. The summed E-state index contributed by atoms with van der Waals surface area (Å²) in [4.78, 5) is 8.46. The zero-order chi connectivity index (χ0) is 13.9. The van der Waals surface area contributed by atoms with Gasteiger partial charge in [0.1, 0.15) is 4.60 Å². The molecule has 1 aromatic carbocycles. The summed E-state index contributed by atoms with van der Waals surface area (Å²) in [5, 5.41) is 5.81. The van der Waals surface area contributed by atoms with Crippen LogP contribution in [0.2, 0.25) is 0 Å². The summed E-state index contributed by atoms with van der Waals surface area (Å²) in [5.41, 5.74) is 3.40. The number of anilines is 1. The summed E-state index contributed by atoms with van der Waals surface area (Å²) < 4.78 is 0.888. The standard InChI is InChI=1S/C16H14BrN3/c1-11-7-14(10-20-16(11)17)19-9-13-4-2-3-12-8-18-6-5-15(12)13/h2-8,10,19H,9H2,1H3. The first-order valence-electron chi connectivity index (χ1n) is 6.42. The van der Waals surface area contributed by atoms with E-state index in [4.69, 9.17) is 0 Å². The number of pyridine rings is 2. The predicted molar refractivity (Wildman–Crippen MR) is 85.7 cm³/mol. The summed E-state index contributed by atoms with van der Waals surface area (Å²) >= 11 is 3.41. The van der Waals surface area contributed by atoms with Crippen molar-refractivity contribution in [3.63, 3.8) is 0 Å². The molecule has 100 valence electrons. The normalized spacial score (nSPS) is 10.7. The Hall–Kier alpha value is -1.94. The van der Waals surface area contributed by atoms with Crippen LogP contribution in [0.15, 0.2) is 53.5 Å². The van der Waals surface area contributed by atoms with Gasteiger partial charge in [-0.2, -0.15) is 0 Å². The molecule has 3 aromatic rings. The Morgan fingerprint density at radius 1 is 1.20 bits per heavy atom. The summed E-state index contributed by atoms with van der Waals surface area (Å²) in [6, 6.07) is 10.4. The van der Waals surface area contributed by atoms with Crippen molar-refractivity contribution >= 4 is 32.4 Å². The van der Waals surface area contributed by atoms with E-state index < -0.39 is 0 Å². The van der Waals surface area contributed by atoms with Gasteiger partial charge >= 0.3 is 0 Å². The number of fused-ring (bicyclic) bond motifs is 1. The molecule has 20 heavy (non-hydrogen) atoms. The van der Waals surface area contributed by atoms with E-state index in [-0.39, 0.29) is 0 Å². The lowest BCUT2D eigenvalue weighted by molar-refractivity contribution is 1.13. The van der Waals surface area contributed by atoms with Gasteiger partial charge in [-0.25, -0.2) is 4.98 Å². The largest absolute Gasteiger partial charge is 0.380 e. The van der Waals surface area contributed by atoms with Crippen LogP contribution in [0.3, 0.4) is 0 Å². The molecule has 0 saturated carbocycles. The summed E-state index contributed by atoms with van der Waals surface area (Å²) in [7, 11) is 0. The second-order valence-electron chi connectivity index (χ2n) is 4.70. The number of rotatable bonds is 3. The maximum atomic E-state index is 4.30. The van der Waals surface area contributed by atoms with Crippen LogP contribution in [0.25, 0.3) is 10.8 Å². The van der Waals surface area contributed by atoms with Crippen LogP contribution in [-0.2, 0) is 6.54 Å². The fourth-order valence-corrected chi connectivity index (χ4v) is 2.41. The van der Waals surface area contributed by atoms with Gasteiger partial charge in [0.05, 0.1) is 11.9 Å². The van der Waals surface area contributed by atoms with Crippen LogP contribution < -0.4 is 5.32 Å². The van der Waals surface area contributed by atoms with Crippen LogP contribution in [0.4, 0.5) is 5.69 Å². The molecule has 0 aliphatic carbocycles. The van der Waals surface area contributed by atoms with Crippen LogP contribution in [-0.4, -0.2) is 9.97 Å². The summed E-state index contributed by atoms with van der Waals surface area (Å²) in [5.74, 6) is 0. The van der Waals surface area contributed by atoms with Crippen molar-refractivity contribution in [1.82, 2.24) is 9.97 Å². The molecule has 0 radical (unpaired) electrons. The Morgan fingerprint density at radius 3 is 2.95 bits per heavy atom. The maximum absolute atomic E-state index is 4.30. The lowest BCUT2D eigenvalue weighted by Crippen LogP contribution is -2.01. The van der Waals surface area contributed by atoms with Gasteiger partial charge in [-0.05, 0) is 51.5 Å². The fourth-order valence-electron chi connectivity index (χ4n) is 2.20. The molecule has 0 aliphatic heterocycles. The van der Waals surface area contributed by atoms with Gasteiger partial charge in [0, 0.05) is 24.3 Å². The van der Waals surface area contributed by atoms with Gasteiger partial charge in [0.2, 0.25) is 0 Å². The van der Waals surface area contributed by atoms with Gasteiger partial charge < -0.3 is 5.32 Å². The molecule has 0 saturated heterocycles. The van der Waals surface area contributed by atoms with E-state index >= 15 is 0 Å². The lowest BCUT2D eigenvalue weighted by atomic mass is 10.1. The van der Waals surface area contributed by atoms with Crippen molar-refractivity contribution in [3.8, 4) is 0 Å². The zero-order valence-corrected chi connectivity index (χ0v) is 12.7. The zero-order valence-electron chi connectivity index (χ0n) is 11.1. The monoisotopic (exact) mass is 327 g/mol. The van der Waals surface area contributed by atoms with E-state index in [1.165, 1.54) is 10.9 Å². The van der Waals surface area contributed by atoms with E-state index in [1.54, 1.807) is 0 Å². The van der Waals surface area contributed by atoms with Crippen molar-refractivity contribution in [2.45, 2.75) is 13.5 Å². The molecular weight excluding hydrogens is 314 g/mol. The Kier molecular flexibility index (Phi) is 3.65. The highest BCUT2D eigenvalue weighted by Gasteiger charge is 2.02. The first-order valence-corrected chi connectivity index (χ1v) is 7.21. The van der Waals surface area contributed by atoms with Crippen LogP contribution in [0.1, 0.15) is 11.1 Å². The van der Waals surface area contributed by atoms with E-state index in [0.717, 1.165) is 27.8 Å². The minimum atomic E-state index is 0.768. The Labute approximate surface area is 126 Å². The maximum Gasteiger partial charge on any atom is 0.109 e. The number of aromatic nitrogens is 2. The van der Waals surface area contributed by atoms with Gasteiger partial charge in [0.15, 0.2) is 0 Å². The smallest absolute Gasteiger partial charge is 0.109 e. The SMILES string of the molecule is Cc1cc(NCc2cccc3cnccc23)cnc1Br. The van der Waals surface area contributed by atoms with E-state index in [1.807, 2.05) is 25.5 Å². The van der Waals surface area contributed by atoms with Crippen LogP contribution >= 0.6 is 15.9 Å². The average molecular weight is 328 g/mol. The third kappa shape index (κ3) is 2.65. The third-order valence-electron chi connectivity index (χ3n) is 3.27. The Morgan fingerprint density at radius 2 is 2.10 bits per heavy atom. The Bertz CT molecular complexity index is 750. The second-order valence-corrected chi connectivity index (χ2v) is 5.45. The number of aryl methyl sites for hydroxylation is 1. The van der Waals surface area contributed by atoms with E-state index in [9.17, 15) is 0 Å². The number of benzene rings is 1.